The van der Waals surface area contributed by atoms with E-state index < -0.39 is 10.1 Å². The van der Waals surface area contributed by atoms with Crippen molar-refractivity contribution < 1.29 is 22.1 Å². The molecule has 0 saturated carbocycles. The lowest BCUT2D eigenvalue weighted by Gasteiger charge is -2.20. The minimum atomic E-state index is -3.63. The van der Waals surface area contributed by atoms with Crippen LogP contribution in [0.3, 0.4) is 0 Å². The molecule has 0 aliphatic carbocycles. The molecule has 0 spiro atoms. The lowest BCUT2D eigenvalue weighted by Crippen LogP contribution is -2.30. The van der Waals surface area contributed by atoms with Crippen LogP contribution < -0.4 is 13.7 Å². The highest BCUT2D eigenvalue weighted by Crippen LogP contribution is 2.32. The summed E-state index contributed by atoms with van der Waals surface area (Å²) in [4.78, 5) is 2.05. The van der Waals surface area contributed by atoms with Gasteiger partial charge in [0.25, 0.3) is 0 Å². The molecule has 0 unspecified atom stereocenters. The fourth-order valence-corrected chi connectivity index (χ4v) is 3.52. The third-order valence-electron chi connectivity index (χ3n) is 3.91. The number of nitrogens with zero attached hydrogens (tertiary/aromatic N) is 1. The van der Waals surface area contributed by atoms with Gasteiger partial charge in [-0.15, -0.1) is 0 Å². The average Bonchev–Trinajstić information content (AvgIpc) is 3.07. The van der Waals surface area contributed by atoms with E-state index >= 15 is 0 Å². The fourth-order valence-electron chi connectivity index (χ4n) is 2.55. The van der Waals surface area contributed by atoms with Crippen LogP contribution in [0.1, 0.15) is 12.5 Å². The Labute approximate surface area is 148 Å². The fraction of sp³-hybridized carbons (Fsp3) is 0.333. The van der Waals surface area contributed by atoms with Crippen molar-refractivity contribution >= 4 is 10.1 Å². The second kappa shape index (κ2) is 7.76. The molecule has 6 nitrogen and oxygen atoms in total. The molecule has 0 aromatic heterocycles. The SMILES string of the molecule is CCN(CCS(=O)(=O)Oc1ccccc1)Cc1ccc2c(c1)OCO2. The van der Waals surface area contributed by atoms with Crippen LogP contribution in [0.25, 0.3) is 0 Å². The van der Waals surface area contributed by atoms with Crippen LogP contribution in [-0.2, 0) is 16.7 Å². The van der Waals surface area contributed by atoms with Crippen molar-refractivity contribution in [2.45, 2.75) is 13.5 Å². The molecule has 0 N–H and O–H groups in total. The molecule has 0 amide bonds. The van der Waals surface area contributed by atoms with Gasteiger partial charge in [-0.3, -0.25) is 4.90 Å². The molecule has 2 aromatic rings. The molecule has 0 fully saturated rings. The minimum absolute atomic E-state index is 0.0692. The van der Waals surface area contributed by atoms with Gasteiger partial charge in [0.15, 0.2) is 11.5 Å². The topological polar surface area (TPSA) is 65.1 Å². The van der Waals surface area contributed by atoms with E-state index in [1.807, 2.05) is 36.1 Å². The van der Waals surface area contributed by atoms with E-state index in [0.717, 1.165) is 23.6 Å². The summed E-state index contributed by atoms with van der Waals surface area (Å²) in [7, 11) is -3.63. The Morgan fingerprint density at radius 3 is 2.60 bits per heavy atom. The Kier molecular flexibility index (Phi) is 5.45. The zero-order valence-electron chi connectivity index (χ0n) is 14.1. The molecule has 2 aromatic carbocycles. The molecular weight excluding hydrogens is 342 g/mol. The second-order valence-electron chi connectivity index (χ2n) is 5.71. The Balaban J connectivity index is 1.57. The van der Waals surface area contributed by atoms with Gasteiger partial charge in [-0.25, -0.2) is 0 Å². The van der Waals surface area contributed by atoms with Crippen LogP contribution in [0, 0.1) is 0 Å². The highest BCUT2D eigenvalue weighted by atomic mass is 32.2. The van der Waals surface area contributed by atoms with E-state index in [1.165, 1.54) is 0 Å². The third-order valence-corrected chi connectivity index (χ3v) is 5.04. The molecule has 0 radical (unpaired) electrons. The molecule has 3 rings (SSSR count). The van der Waals surface area contributed by atoms with Gasteiger partial charge in [0.1, 0.15) is 5.75 Å². The number of benzene rings is 2. The van der Waals surface area contributed by atoms with Gasteiger partial charge in [-0.2, -0.15) is 8.42 Å². The van der Waals surface area contributed by atoms with Gasteiger partial charge >= 0.3 is 10.1 Å². The quantitative estimate of drug-likeness (QED) is 0.672. The normalized spacial score (nSPS) is 13.2. The van der Waals surface area contributed by atoms with Crippen LogP contribution in [-0.4, -0.2) is 39.0 Å². The molecule has 1 aliphatic rings. The highest BCUT2D eigenvalue weighted by molar-refractivity contribution is 7.87. The Morgan fingerprint density at radius 1 is 1.08 bits per heavy atom. The molecule has 7 heteroatoms. The maximum Gasteiger partial charge on any atom is 0.310 e. The highest BCUT2D eigenvalue weighted by Gasteiger charge is 2.17. The standard InChI is InChI=1S/C18H21NO5S/c1-2-19(13-15-8-9-17-18(12-15)23-14-22-17)10-11-25(20,21)24-16-6-4-3-5-7-16/h3-9,12H,2,10-11,13-14H2,1H3. The Hall–Kier alpha value is -2.25. The summed E-state index contributed by atoms with van der Waals surface area (Å²) in [5.41, 5.74) is 1.05. The van der Waals surface area contributed by atoms with Crippen LogP contribution in [0.2, 0.25) is 0 Å². The van der Waals surface area contributed by atoms with Crippen molar-refractivity contribution in [2.75, 3.05) is 25.6 Å². The van der Waals surface area contributed by atoms with Gasteiger partial charge in [0, 0.05) is 13.1 Å². The van der Waals surface area contributed by atoms with Gasteiger partial charge < -0.3 is 13.7 Å². The number of rotatable bonds is 8. The van der Waals surface area contributed by atoms with Gasteiger partial charge in [-0.05, 0) is 36.4 Å². The molecular formula is C18H21NO5S. The summed E-state index contributed by atoms with van der Waals surface area (Å²) in [5.74, 6) is 1.74. The summed E-state index contributed by atoms with van der Waals surface area (Å²) >= 11 is 0. The third kappa shape index (κ3) is 4.87. The predicted molar refractivity (Wildman–Crippen MR) is 94.4 cm³/mol. The Bertz CT molecular complexity index is 807. The first kappa shape index (κ1) is 17.6. The monoisotopic (exact) mass is 363 g/mol. The maximum absolute atomic E-state index is 12.1. The van der Waals surface area contributed by atoms with Crippen LogP contribution in [0.4, 0.5) is 0 Å². The lowest BCUT2D eigenvalue weighted by molar-refractivity contribution is 0.174. The van der Waals surface area contributed by atoms with E-state index in [0.29, 0.717) is 18.8 Å². The van der Waals surface area contributed by atoms with E-state index in [-0.39, 0.29) is 12.5 Å². The molecule has 0 atom stereocenters. The lowest BCUT2D eigenvalue weighted by atomic mass is 10.2. The number of hydrogen-bond donors (Lipinski definition) is 0. The van der Waals surface area contributed by atoms with Crippen LogP contribution in [0.5, 0.6) is 17.2 Å². The molecule has 1 heterocycles. The molecule has 134 valence electrons. The van der Waals surface area contributed by atoms with E-state index in [1.54, 1.807) is 24.3 Å². The number of para-hydroxylation sites is 1. The van der Waals surface area contributed by atoms with Crippen molar-refractivity contribution in [1.29, 1.82) is 0 Å². The number of ether oxygens (including phenoxy) is 2. The summed E-state index contributed by atoms with van der Waals surface area (Å²) in [5, 5.41) is 0. The maximum atomic E-state index is 12.1. The average molecular weight is 363 g/mol. The van der Waals surface area contributed by atoms with Crippen molar-refractivity contribution in [3.05, 3.63) is 54.1 Å². The van der Waals surface area contributed by atoms with Gasteiger partial charge in [0.2, 0.25) is 6.79 Å². The first-order chi connectivity index (χ1) is 12.1. The molecule has 1 aliphatic heterocycles. The second-order valence-corrected chi connectivity index (χ2v) is 7.40. The van der Waals surface area contributed by atoms with E-state index in [2.05, 4.69) is 0 Å². The summed E-state index contributed by atoms with van der Waals surface area (Å²) < 4.78 is 40.1. The predicted octanol–water partition coefficient (Wildman–Crippen LogP) is 2.65. The number of hydrogen-bond acceptors (Lipinski definition) is 6. The molecule has 0 saturated heterocycles. The van der Waals surface area contributed by atoms with Crippen molar-refractivity contribution in [3.63, 3.8) is 0 Å². The minimum Gasteiger partial charge on any atom is -0.454 e. The van der Waals surface area contributed by atoms with E-state index in [4.69, 9.17) is 13.7 Å². The Morgan fingerprint density at radius 2 is 1.84 bits per heavy atom. The zero-order valence-corrected chi connectivity index (χ0v) is 14.9. The van der Waals surface area contributed by atoms with Gasteiger partial charge in [-0.1, -0.05) is 31.2 Å². The van der Waals surface area contributed by atoms with Crippen molar-refractivity contribution in [3.8, 4) is 17.2 Å². The molecule has 25 heavy (non-hydrogen) atoms. The van der Waals surface area contributed by atoms with Crippen LogP contribution >= 0.6 is 0 Å². The zero-order chi connectivity index (χ0) is 17.7. The molecule has 0 bridgehead atoms. The van der Waals surface area contributed by atoms with Crippen molar-refractivity contribution in [2.24, 2.45) is 0 Å². The first-order valence-electron chi connectivity index (χ1n) is 8.14. The largest absolute Gasteiger partial charge is 0.454 e. The smallest absolute Gasteiger partial charge is 0.310 e. The van der Waals surface area contributed by atoms with Crippen molar-refractivity contribution in [1.82, 2.24) is 4.90 Å². The summed E-state index contributed by atoms with van der Waals surface area (Å²) in [6.07, 6.45) is 0. The summed E-state index contributed by atoms with van der Waals surface area (Å²) in [6.45, 7) is 3.99. The van der Waals surface area contributed by atoms with Gasteiger partial charge in [0.05, 0.1) is 5.75 Å². The number of fused-ring (bicyclic) bond motifs is 1. The summed E-state index contributed by atoms with van der Waals surface area (Å²) in [6, 6.07) is 14.3. The van der Waals surface area contributed by atoms with Crippen LogP contribution in [0.15, 0.2) is 48.5 Å². The van der Waals surface area contributed by atoms with E-state index in [9.17, 15) is 8.42 Å². The first-order valence-corrected chi connectivity index (χ1v) is 9.71.